The van der Waals surface area contributed by atoms with E-state index in [0.717, 1.165) is 34.0 Å². The molecule has 0 saturated carbocycles. The summed E-state index contributed by atoms with van der Waals surface area (Å²) < 4.78 is 10.5. The van der Waals surface area contributed by atoms with Gasteiger partial charge in [0.1, 0.15) is 11.5 Å². The van der Waals surface area contributed by atoms with Crippen molar-refractivity contribution in [2.75, 3.05) is 20.0 Å². The molecule has 1 atom stereocenters. The molecule has 1 aliphatic rings. The van der Waals surface area contributed by atoms with Crippen LogP contribution >= 0.6 is 11.8 Å². The molecule has 1 unspecified atom stereocenters. The van der Waals surface area contributed by atoms with Crippen LogP contribution in [-0.2, 0) is 4.79 Å². The fourth-order valence-corrected chi connectivity index (χ4v) is 4.29. The van der Waals surface area contributed by atoms with E-state index in [1.54, 1.807) is 26.0 Å². The summed E-state index contributed by atoms with van der Waals surface area (Å²) in [6.45, 7) is 2.12. The fraction of sp³-hybridized carbons (Fsp3) is 0.286. The minimum absolute atomic E-state index is 0.125. The predicted octanol–water partition coefficient (Wildman–Crippen LogP) is 4.92. The van der Waals surface area contributed by atoms with Crippen molar-refractivity contribution < 1.29 is 14.3 Å². The second kappa shape index (κ2) is 7.79. The fourth-order valence-electron chi connectivity index (χ4n) is 3.19. The first-order valence-corrected chi connectivity index (χ1v) is 9.35. The van der Waals surface area contributed by atoms with Crippen molar-refractivity contribution in [1.82, 2.24) is 0 Å². The van der Waals surface area contributed by atoms with Crippen LogP contribution in [0.25, 0.3) is 5.57 Å². The molecule has 0 aliphatic heterocycles. The van der Waals surface area contributed by atoms with Crippen LogP contribution in [0.2, 0.25) is 0 Å². The number of ketones is 1. The van der Waals surface area contributed by atoms with E-state index >= 15 is 0 Å². The first kappa shape index (κ1) is 17.6. The Morgan fingerprint density at radius 1 is 0.960 bits per heavy atom. The van der Waals surface area contributed by atoms with Crippen LogP contribution in [0.4, 0.5) is 0 Å². The number of methoxy groups -OCH3 is 2. The molecule has 2 aromatic rings. The third-order valence-electron chi connectivity index (χ3n) is 4.43. The summed E-state index contributed by atoms with van der Waals surface area (Å²) in [6.07, 6.45) is 0.524. The van der Waals surface area contributed by atoms with Crippen molar-refractivity contribution in [3.8, 4) is 11.5 Å². The van der Waals surface area contributed by atoms with E-state index in [0.29, 0.717) is 6.42 Å². The van der Waals surface area contributed by atoms with E-state index in [1.807, 2.05) is 36.4 Å². The molecule has 0 amide bonds. The summed E-state index contributed by atoms with van der Waals surface area (Å²) in [7, 11) is 3.31. The van der Waals surface area contributed by atoms with Gasteiger partial charge < -0.3 is 9.47 Å². The van der Waals surface area contributed by atoms with E-state index in [1.165, 1.54) is 4.91 Å². The summed E-state index contributed by atoms with van der Waals surface area (Å²) in [5, 5.41) is 0. The highest BCUT2D eigenvalue weighted by molar-refractivity contribution is 8.03. The Kier molecular flexibility index (Phi) is 5.49. The van der Waals surface area contributed by atoms with Crippen LogP contribution < -0.4 is 9.47 Å². The van der Waals surface area contributed by atoms with E-state index in [4.69, 9.17) is 9.47 Å². The minimum Gasteiger partial charge on any atom is -0.497 e. The Labute approximate surface area is 153 Å². The number of carbonyl (C=O) groups excluding carboxylic acids is 1. The molecule has 130 valence electrons. The van der Waals surface area contributed by atoms with Gasteiger partial charge in [0.25, 0.3) is 0 Å². The van der Waals surface area contributed by atoms with Gasteiger partial charge in [0, 0.05) is 22.8 Å². The second-order valence-electron chi connectivity index (χ2n) is 5.85. The number of rotatable bonds is 6. The van der Waals surface area contributed by atoms with Gasteiger partial charge in [0.2, 0.25) is 0 Å². The van der Waals surface area contributed by atoms with Gasteiger partial charge in [-0.15, -0.1) is 11.8 Å². The normalized spacial score (nSPS) is 17.1. The van der Waals surface area contributed by atoms with Crippen molar-refractivity contribution >= 4 is 23.1 Å². The zero-order valence-electron chi connectivity index (χ0n) is 14.7. The Morgan fingerprint density at radius 2 is 1.52 bits per heavy atom. The Bertz CT molecular complexity index is 776. The highest BCUT2D eigenvalue weighted by Crippen LogP contribution is 2.47. The van der Waals surface area contributed by atoms with Crippen molar-refractivity contribution in [2.24, 2.45) is 0 Å². The van der Waals surface area contributed by atoms with Gasteiger partial charge in [-0.3, -0.25) is 4.79 Å². The molecule has 0 aromatic heterocycles. The number of Topliss-reactive ketones (excluding diaryl/α,β-unsaturated/α-hetero) is 1. The summed E-state index contributed by atoms with van der Waals surface area (Å²) in [5.41, 5.74) is 2.99. The quantitative estimate of drug-likeness (QED) is 0.737. The molecule has 0 fully saturated rings. The third-order valence-corrected chi connectivity index (χ3v) is 5.52. The molecular weight excluding hydrogens is 332 g/mol. The zero-order chi connectivity index (χ0) is 17.8. The zero-order valence-corrected chi connectivity index (χ0v) is 15.6. The second-order valence-corrected chi connectivity index (χ2v) is 7.16. The van der Waals surface area contributed by atoms with Crippen LogP contribution in [-0.4, -0.2) is 25.8 Å². The maximum Gasteiger partial charge on any atom is 0.165 e. The number of carbonyl (C=O) groups is 1. The highest BCUT2D eigenvalue weighted by Gasteiger charge is 2.34. The first-order valence-electron chi connectivity index (χ1n) is 8.36. The van der Waals surface area contributed by atoms with Crippen molar-refractivity contribution in [3.05, 3.63) is 64.6 Å². The lowest BCUT2D eigenvalue weighted by molar-refractivity contribution is -0.113. The SMILES string of the molecule is CCSC1=C(c2ccc(OC)cc2)C(=O)CC1c1ccc(OC)cc1. The smallest absolute Gasteiger partial charge is 0.165 e. The summed E-state index contributed by atoms with van der Waals surface area (Å²) in [4.78, 5) is 14.0. The Hall–Kier alpha value is -2.20. The predicted molar refractivity (Wildman–Crippen MR) is 103 cm³/mol. The standard InChI is InChI=1S/C21H22O3S/c1-4-25-21-18(14-5-9-16(23-2)10-6-14)13-19(22)20(21)15-7-11-17(24-3)12-8-15/h5-12,18H,4,13H2,1-3H3. The van der Waals surface area contributed by atoms with Crippen molar-refractivity contribution in [2.45, 2.75) is 19.3 Å². The van der Waals surface area contributed by atoms with E-state index in [-0.39, 0.29) is 11.7 Å². The first-order chi connectivity index (χ1) is 12.2. The van der Waals surface area contributed by atoms with Gasteiger partial charge in [-0.05, 0) is 41.1 Å². The molecule has 0 N–H and O–H groups in total. The number of thioether (sulfide) groups is 1. The van der Waals surface area contributed by atoms with Gasteiger partial charge in [0.05, 0.1) is 14.2 Å². The lowest BCUT2D eigenvalue weighted by Crippen LogP contribution is -1.98. The third kappa shape index (κ3) is 3.59. The molecule has 1 aliphatic carbocycles. The monoisotopic (exact) mass is 354 g/mol. The van der Waals surface area contributed by atoms with Gasteiger partial charge in [-0.1, -0.05) is 31.2 Å². The topological polar surface area (TPSA) is 35.5 Å². The van der Waals surface area contributed by atoms with E-state index < -0.39 is 0 Å². The molecule has 0 radical (unpaired) electrons. The van der Waals surface area contributed by atoms with Crippen LogP contribution in [0, 0.1) is 0 Å². The molecular formula is C21H22O3S. The van der Waals surface area contributed by atoms with Gasteiger partial charge in [0.15, 0.2) is 5.78 Å². The number of ether oxygens (including phenoxy) is 2. The van der Waals surface area contributed by atoms with Crippen LogP contribution in [0.5, 0.6) is 11.5 Å². The van der Waals surface area contributed by atoms with Gasteiger partial charge >= 0.3 is 0 Å². The van der Waals surface area contributed by atoms with Crippen LogP contribution in [0.1, 0.15) is 30.4 Å². The van der Waals surface area contributed by atoms with E-state index in [2.05, 4.69) is 19.1 Å². The van der Waals surface area contributed by atoms with E-state index in [9.17, 15) is 4.79 Å². The maximum atomic E-state index is 12.8. The number of benzene rings is 2. The summed E-state index contributed by atoms with van der Waals surface area (Å²) >= 11 is 1.76. The number of allylic oxidation sites excluding steroid dienone is 2. The largest absolute Gasteiger partial charge is 0.497 e. The lowest BCUT2D eigenvalue weighted by Gasteiger charge is -2.15. The highest BCUT2D eigenvalue weighted by atomic mass is 32.2. The van der Waals surface area contributed by atoms with Gasteiger partial charge in [-0.25, -0.2) is 0 Å². The Balaban J connectivity index is 2.02. The minimum atomic E-state index is 0.125. The summed E-state index contributed by atoms with van der Waals surface area (Å²) in [5.74, 6) is 2.90. The van der Waals surface area contributed by atoms with Crippen LogP contribution in [0.15, 0.2) is 53.4 Å². The number of hydrogen-bond donors (Lipinski definition) is 0. The molecule has 3 rings (SSSR count). The van der Waals surface area contributed by atoms with Gasteiger partial charge in [-0.2, -0.15) is 0 Å². The van der Waals surface area contributed by atoms with Crippen molar-refractivity contribution in [3.63, 3.8) is 0 Å². The molecule has 0 saturated heterocycles. The molecule has 4 heteroatoms. The molecule has 0 bridgehead atoms. The summed E-state index contributed by atoms with van der Waals surface area (Å²) in [6, 6.07) is 15.8. The number of hydrogen-bond acceptors (Lipinski definition) is 4. The molecule has 3 nitrogen and oxygen atoms in total. The average Bonchev–Trinajstić information content (AvgIpc) is 2.98. The van der Waals surface area contributed by atoms with Crippen LogP contribution in [0.3, 0.4) is 0 Å². The average molecular weight is 354 g/mol. The molecule has 0 spiro atoms. The Morgan fingerprint density at radius 3 is 2.04 bits per heavy atom. The molecule has 2 aromatic carbocycles. The lowest BCUT2D eigenvalue weighted by atomic mass is 9.98. The van der Waals surface area contributed by atoms with Crippen molar-refractivity contribution in [1.29, 1.82) is 0 Å². The molecule has 0 heterocycles. The maximum absolute atomic E-state index is 12.8. The molecule has 25 heavy (non-hydrogen) atoms.